The van der Waals surface area contributed by atoms with E-state index < -0.39 is 0 Å². The van der Waals surface area contributed by atoms with Crippen molar-refractivity contribution < 1.29 is 9.47 Å². The number of methoxy groups -OCH3 is 1. The van der Waals surface area contributed by atoms with E-state index in [1.807, 2.05) is 12.1 Å². The quantitative estimate of drug-likeness (QED) is 0.823. The lowest BCUT2D eigenvalue weighted by Gasteiger charge is -2.42. The molecule has 3 nitrogen and oxygen atoms in total. The number of benzene rings is 1. The number of hydrogen-bond acceptors (Lipinski definition) is 3. The Bertz CT molecular complexity index is 486. The minimum Gasteiger partial charge on any atom is -0.385 e. The molecular weight excluding hydrogens is 298 g/mol. The molecule has 2 heterocycles. The molecule has 0 aromatic heterocycles. The van der Waals surface area contributed by atoms with Crippen LogP contribution >= 0.6 is 11.6 Å². The van der Waals surface area contributed by atoms with Gasteiger partial charge in [-0.3, -0.25) is 4.90 Å². The van der Waals surface area contributed by atoms with Crippen LogP contribution in [-0.4, -0.2) is 43.9 Å². The molecule has 2 aliphatic rings. The lowest BCUT2D eigenvalue weighted by Crippen LogP contribution is -2.47. The van der Waals surface area contributed by atoms with Crippen molar-refractivity contribution in [3.8, 4) is 0 Å². The van der Waals surface area contributed by atoms with E-state index in [4.69, 9.17) is 21.1 Å². The first-order chi connectivity index (χ1) is 10.7. The summed E-state index contributed by atoms with van der Waals surface area (Å²) in [5.41, 5.74) is 1.41. The summed E-state index contributed by atoms with van der Waals surface area (Å²) in [7, 11) is 1.79. The summed E-state index contributed by atoms with van der Waals surface area (Å²) in [6.07, 6.45) is 4.60. The highest BCUT2D eigenvalue weighted by molar-refractivity contribution is 6.30. The molecule has 3 rings (SSSR count). The van der Waals surface area contributed by atoms with Gasteiger partial charge < -0.3 is 9.47 Å². The fraction of sp³-hybridized carbons (Fsp3) is 0.667. The SMILES string of the molecule is COCC[C@@H]1CCOC12CCN(Cc1cccc(Cl)c1)CC2. The first kappa shape index (κ1) is 16.3. The highest BCUT2D eigenvalue weighted by Gasteiger charge is 2.45. The summed E-state index contributed by atoms with van der Waals surface area (Å²) in [4.78, 5) is 2.52. The van der Waals surface area contributed by atoms with Crippen molar-refractivity contribution in [1.82, 2.24) is 4.90 Å². The predicted molar refractivity (Wildman–Crippen MR) is 89.2 cm³/mol. The van der Waals surface area contributed by atoms with Crippen LogP contribution in [-0.2, 0) is 16.0 Å². The third-order valence-corrected chi connectivity index (χ3v) is 5.50. The minimum absolute atomic E-state index is 0.114. The minimum atomic E-state index is 0.114. The summed E-state index contributed by atoms with van der Waals surface area (Å²) >= 11 is 6.08. The van der Waals surface area contributed by atoms with E-state index in [-0.39, 0.29) is 5.60 Å². The maximum Gasteiger partial charge on any atom is 0.0736 e. The largest absolute Gasteiger partial charge is 0.385 e. The number of nitrogens with zero attached hydrogens (tertiary/aromatic N) is 1. The van der Waals surface area contributed by atoms with E-state index in [1.54, 1.807) is 7.11 Å². The fourth-order valence-electron chi connectivity index (χ4n) is 3.99. The van der Waals surface area contributed by atoms with Gasteiger partial charge in [-0.05, 0) is 49.3 Å². The van der Waals surface area contributed by atoms with E-state index >= 15 is 0 Å². The maximum absolute atomic E-state index is 6.21. The predicted octanol–water partition coefficient (Wildman–Crippen LogP) is 3.75. The van der Waals surface area contributed by atoms with Gasteiger partial charge in [0.15, 0.2) is 0 Å². The van der Waals surface area contributed by atoms with Crippen molar-refractivity contribution in [2.45, 2.75) is 37.8 Å². The van der Waals surface area contributed by atoms with Gasteiger partial charge in [0.05, 0.1) is 5.60 Å². The van der Waals surface area contributed by atoms with Crippen LogP contribution in [0.1, 0.15) is 31.2 Å². The Morgan fingerprint density at radius 3 is 2.91 bits per heavy atom. The number of piperidine rings is 1. The Morgan fingerprint density at radius 2 is 2.18 bits per heavy atom. The van der Waals surface area contributed by atoms with Gasteiger partial charge in [-0.15, -0.1) is 0 Å². The molecule has 0 radical (unpaired) electrons. The zero-order valence-electron chi connectivity index (χ0n) is 13.4. The van der Waals surface area contributed by atoms with Crippen LogP contribution in [0.15, 0.2) is 24.3 Å². The Hall–Kier alpha value is -0.610. The first-order valence-corrected chi connectivity index (χ1v) is 8.69. The molecular formula is C18H26ClNO2. The third kappa shape index (κ3) is 3.65. The first-order valence-electron chi connectivity index (χ1n) is 8.31. The van der Waals surface area contributed by atoms with Crippen molar-refractivity contribution in [2.75, 3.05) is 33.4 Å². The van der Waals surface area contributed by atoms with Gasteiger partial charge in [-0.2, -0.15) is 0 Å². The van der Waals surface area contributed by atoms with Gasteiger partial charge in [0.1, 0.15) is 0 Å². The van der Waals surface area contributed by atoms with E-state index in [9.17, 15) is 0 Å². The Balaban J connectivity index is 1.55. The van der Waals surface area contributed by atoms with Crippen molar-refractivity contribution in [3.63, 3.8) is 0 Å². The van der Waals surface area contributed by atoms with Crippen molar-refractivity contribution in [2.24, 2.45) is 5.92 Å². The van der Waals surface area contributed by atoms with Crippen molar-refractivity contribution in [1.29, 1.82) is 0 Å². The third-order valence-electron chi connectivity index (χ3n) is 5.27. The monoisotopic (exact) mass is 323 g/mol. The Morgan fingerprint density at radius 1 is 1.36 bits per heavy atom. The van der Waals surface area contributed by atoms with Gasteiger partial charge in [-0.1, -0.05) is 23.7 Å². The Kier molecular flexibility index (Phi) is 5.40. The second kappa shape index (κ2) is 7.31. The van der Waals surface area contributed by atoms with Crippen LogP contribution in [0.25, 0.3) is 0 Å². The molecule has 4 heteroatoms. The molecule has 2 aliphatic heterocycles. The molecule has 0 bridgehead atoms. The summed E-state index contributed by atoms with van der Waals surface area (Å²) in [6.45, 7) is 4.97. The zero-order chi connectivity index (χ0) is 15.4. The second-order valence-corrected chi connectivity index (χ2v) is 7.02. The van der Waals surface area contributed by atoms with Crippen LogP contribution in [0.4, 0.5) is 0 Å². The molecule has 0 aliphatic carbocycles. The number of likely N-dealkylation sites (tertiary alicyclic amines) is 1. The van der Waals surface area contributed by atoms with Crippen LogP contribution in [0.5, 0.6) is 0 Å². The summed E-state index contributed by atoms with van der Waals surface area (Å²) < 4.78 is 11.5. The summed E-state index contributed by atoms with van der Waals surface area (Å²) in [5.74, 6) is 0.667. The highest BCUT2D eigenvalue weighted by Crippen LogP contribution is 2.42. The van der Waals surface area contributed by atoms with Gasteiger partial charge >= 0.3 is 0 Å². The average molecular weight is 324 g/mol. The van der Waals surface area contributed by atoms with Crippen molar-refractivity contribution >= 4 is 11.6 Å². The van der Waals surface area contributed by atoms with Gasteiger partial charge in [0.25, 0.3) is 0 Å². The molecule has 1 aromatic carbocycles. The molecule has 1 aromatic rings. The number of hydrogen-bond donors (Lipinski definition) is 0. The molecule has 0 amide bonds. The second-order valence-electron chi connectivity index (χ2n) is 6.59. The number of rotatable bonds is 5. The van der Waals surface area contributed by atoms with Crippen molar-refractivity contribution in [3.05, 3.63) is 34.9 Å². The van der Waals surface area contributed by atoms with Gasteiger partial charge in [-0.25, -0.2) is 0 Å². The lowest BCUT2D eigenvalue weighted by atomic mass is 9.78. The molecule has 2 fully saturated rings. The molecule has 1 spiro atoms. The van der Waals surface area contributed by atoms with Gasteiger partial charge in [0.2, 0.25) is 0 Å². The van der Waals surface area contributed by atoms with Crippen LogP contribution in [0.3, 0.4) is 0 Å². The normalized spacial score (nSPS) is 24.9. The Labute approximate surface area is 138 Å². The molecule has 22 heavy (non-hydrogen) atoms. The molecule has 0 N–H and O–H groups in total. The smallest absolute Gasteiger partial charge is 0.0736 e. The van der Waals surface area contributed by atoms with E-state index in [2.05, 4.69) is 17.0 Å². The van der Waals surface area contributed by atoms with Gasteiger partial charge in [0, 0.05) is 45.0 Å². The van der Waals surface area contributed by atoms with Crippen LogP contribution < -0.4 is 0 Å². The molecule has 0 saturated carbocycles. The molecule has 122 valence electrons. The van der Waals surface area contributed by atoms with Crippen LogP contribution in [0.2, 0.25) is 5.02 Å². The summed E-state index contributed by atoms with van der Waals surface area (Å²) in [5, 5.41) is 0.824. The molecule has 2 saturated heterocycles. The van der Waals surface area contributed by atoms with Crippen LogP contribution in [0, 0.1) is 5.92 Å². The average Bonchev–Trinajstić information content (AvgIpc) is 2.90. The fourth-order valence-corrected chi connectivity index (χ4v) is 4.20. The topological polar surface area (TPSA) is 21.7 Å². The highest BCUT2D eigenvalue weighted by atomic mass is 35.5. The summed E-state index contributed by atoms with van der Waals surface area (Å²) in [6, 6.07) is 8.19. The number of ether oxygens (including phenoxy) is 2. The maximum atomic E-state index is 6.21. The van der Waals surface area contributed by atoms with E-state index in [1.165, 1.54) is 12.0 Å². The lowest BCUT2D eigenvalue weighted by molar-refractivity contribution is -0.0721. The van der Waals surface area contributed by atoms with E-state index in [0.717, 1.165) is 57.1 Å². The molecule has 1 atom stereocenters. The zero-order valence-corrected chi connectivity index (χ0v) is 14.1. The standard InChI is InChI=1S/C18H26ClNO2/c1-21-11-5-16-6-12-22-18(16)7-9-20(10-8-18)14-15-3-2-4-17(19)13-15/h2-4,13,16H,5-12,14H2,1H3/t16-/m1/s1. The number of halogens is 1. The van der Waals surface area contributed by atoms with E-state index in [0.29, 0.717) is 5.92 Å². The molecule has 0 unspecified atom stereocenters.